The lowest BCUT2D eigenvalue weighted by Gasteiger charge is -2.33. The van der Waals surface area contributed by atoms with E-state index in [0.717, 1.165) is 49.9 Å². The molecule has 8 heteroatoms. The molecule has 1 amide bonds. The van der Waals surface area contributed by atoms with Crippen LogP contribution in [0.1, 0.15) is 37.9 Å². The average Bonchev–Trinajstić information content (AvgIpc) is 3.18. The fourth-order valence-corrected chi connectivity index (χ4v) is 2.89. The Morgan fingerprint density at radius 3 is 2.38 bits per heavy atom. The quantitative estimate of drug-likeness (QED) is 0.872. The fraction of sp³-hybridized carbons (Fsp3) is 0.611. The smallest absolute Gasteiger partial charge is 0.240 e. The Morgan fingerprint density at radius 2 is 1.81 bits per heavy atom. The molecule has 2 aromatic rings. The summed E-state index contributed by atoms with van der Waals surface area (Å²) in [6.07, 6.45) is 0. The maximum absolute atomic E-state index is 12.2. The predicted molar refractivity (Wildman–Crippen MR) is 96.8 cm³/mol. The van der Waals surface area contributed by atoms with Crippen LogP contribution in [-0.4, -0.2) is 58.7 Å². The lowest BCUT2D eigenvalue weighted by molar-refractivity contribution is -0.117. The van der Waals surface area contributed by atoms with Gasteiger partial charge in [0.05, 0.1) is 17.9 Å². The lowest BCUT2D eigenvalue weighted by Crippen LogP contribution is -2.48. The molecule has 2 aromatic heterocycles. The summed E-state index contributed by atoms with van der Waals surface area (Å²) in [4.78, 5) is 16.7. The molecule has 0 aliphatic carbocycles. The van der Waals surface area contributed by atoms with Gasteiger partial charge in [0.2, 0.25) is 11.8 Å². The molecule has 3 rings (SSSR count). The van der Waals surface area contributed by atoms with E-state index in [0.29, 0.717) is 12.4 Å². The van der Waals surface area contributed by atoms with Gasteiger partial charge in [-0.15, -0.1) is 0 Å². The van der Waals surface area contributed by atoms with E-state index < -0.39 is 0 Å². The Morgan fingerprint density at radius 1 is 1.12 bits per heavy atom. The zero-order valence-electron chi connectivity index (χ0n) is 15.9. The third-order valence-corrected chi connectivity index (χ3v) is 4.44. The minimum atomic E-state index is -0.106. The molecule has 0 atom stereocenters. The van der Waals surface area contributed by atoms with Crippen LogP contribution in [0.5, 0.6) is 0 Å². The molecule has 0 spiro atoms. The molecule has 1 aliphatic heterocycles. The number of piperazine rings is 1. The molecular weight excluding hydrogens is 334 g/mol. The van der Waals surface area contributed by atoms with Crippen molar-refractivity contribution in [2.75, 3.05) is 38.0 Å². The molecule has 142 valence electrons. The van der Waals surface area contributed by atoms with Gasteiger partial charge in [-0.05, 0) is 6.92 Å². The second-order valence-electron chi connectivity index (χ2n) is 7.86. The highest BCUT2D eigenvalue weighted by molar-refractivity contribution is 5.91. The van der Waals surface area contributed by atoms with Gasteiger partial charge in [0.1, 0.15) is 5.76 Å². The van der Waals surface area contributed by atoms with Crippen molar-refractivity contribution in [1.82, 2.24) is 20.1 Å². The van der Waals surface area contributed by atoms with E-state index in [9.17, 15) is 4.79 Å². The van der Waals surface area contributed by atoms with Crippen molar-refractivity contribution in [3.05, 3.63) is 29.3 Å². The number of rotatable bonds is 5. The van der Waals surface area contributed by atoms with E-state index in [4.69, 9.17) is 9.05 Å². The van der Waals surface area contributed by atoms with Gasteiger partial charge in [-0.2, -0.15) is 0 Å². The summed E-state index contributed by atoms with van der Waals surface area (Å²) < 4.78 is 10.3. The second kappa shape index (κ2) is 7.59. The summed E-state index contributed by atoms with van der Waals surface area (Å²) in [6, 6.07) is 3.75. The van der Waals surface area contributed by atoms with Crippen LogP contribution < -0.4 is 5.32 Å². The number of carbonyl (C=O) groups is 1. The minimum absolute atomic E-state index is 0.0813. The van der Waals surface area contributed by atoms with Crippen molar-refractivity contribution in [1.29, 1.82) is 0 Å². The van der Waals surface area contributed by atoms with Crippen molar-refractivity contribution >= 4 is 11.8 Å². The van der Waals surface area contributed by atoms with Crippen LogP contribution in [-0.2, 0) is 16.8 Å². The van der Waals surface area contributed by atoms with E-state index in [1.807, 2.05) is 13.0 Å². The number of carbonyl (C=O) groups excluding carboxylic acids is 1. The number of nitrogens with one attached hydrogen (secondary N) is 1. The molecule has 3 heterocycles. The monoisotopic (exact) mass is 361 g/mol. The van der Waals surface area contributed by atoms with E-state index >= 15 is 0 Å². The van der Waals surface area contributed by atoms with Crippen LogP contribution >= 0.6 is 0 Å². The fourth-order valence-electron chi connectivity index (χ4n) is 2.89. The summed E-state index contributed by atoms with van der Waals surface area (Å²) in [5.74, 6) is 1.15. The highest BCUT2D eigenvalue weighted by Gasteiger charge is 2.22. The number of anilines is 1. The van der Waals surface area contributed by atoms with Gasteiger partial charge in [-0.25, -0.2) is 0 Å². The largest absolute Gasteiger partial charge is 0.361 e. The predicted octanol–water partition coefficient (Wildman–Crippen LogP) is 2.02. The lowest BCUT2D eigenvalue weighted by atomic mass is 9.92. The summed E-state index contributed by atoms with van der Waals surface area (Å²) in [6.45, 7) is 12.7. The van der Waals surface area contributed by atoms with E-state index in [-0.39, 0.29) is 11.3 Å². The van der Waals surface area contributed by atoms with Gasteiger partial charge in [0, 0.05) is 50.3 Å². The molecule has 26 heavy (non-hydrogen) atoms. The molecule has 1 N–H and O–H groups in total. The molecule has 1 aliphatic rings. The summed E-state index contributed by atoms with van der Waals surface area (Å²) in [5.41, 5.74) is 1.67. The average molecular weight is 361 g/mol. The SMILES string of the molecule is Cc1cc(CN2CCN(CC(=O)Nc3cc(C(C)(C)C)no3)CC2)no1. The molecule has 1 saturated heterocycles. The number of aromatic nitrogens is 2. The first-order valence-electron chi connectivity index (χ1n) is 8.93. The summed E-state index contributed by atoms with van der Waals surface area (Å²) >= 11 is 0. The molecule has 0 unspecified atom stereocenters. The Labute approximate surface area is 153 Å². The molecule has 0 aromatic carbocycles. The Balaban J connectivity index is 1.42. The van der Waals surface area contributed by atoms with Crippen molar-refractivity contribution in [2.24, 2.45) is 0 Å². The van der Waals surface area contributed by atoms with Crippen LogP contribution in [0, 0.1) is 6.92 Å². The van der Waals surface area contributed by atoms with Crippen LogP contribution in [0.15, 0.2) is 21.2 Å². The van der Waals surface area contributed by atoms with Crippen LogP contribution in [0.25, 0.3) is 0 Å². The first-order chi connectivity index (χ1) is 12.3. The first-order valence-corrected chi connectivity index (χ1v) is 8.93. The maximum atomic E-state index is 12.2. The van der Waals surface area contributed by atoms with Crippen molar-refractivity contribution < 1.29 is 13.8 Å². The number of aryl methyl sites for hydroxylation is 1. The third-order valence-electron chi connectivity index (χ3n) is 4.44. The topological polar surface area (TPSA) is 87.6 Å². The van der Waals surface area contributed by atoms with E-state index in [1.165, 1.54) is 0 Å². The highest BCUT2D eigenvalue weighted by Crippen LogP contribution is 2.23. The molecule has 0 radical (unpaired) electrons. The maximum Gasteiger partial charge on any atom is 0.240 e. The zero-order valence-corrected chi connectivity index (χ0v) is 15.9. The molecular formula is C18H27N5O3. The van der Waals surface area contributed by atoms with Gasteiger partial charge in [-0.3, -0.25) is 19.9 Å². The van der Waals surface area contributed by atoms with Crippen molar-refractivity contribution in [3.63, 3.8) is 0 Å². The normalized spacial score (nSPS) is 16.8. The first kappa shape index (κ1) is 18.6. The molecule has 8 nitrogen and oxygen atoms in total. The van der Waals surface area contributed by atoms with Gasteiger partial charge in [0.25, 0.3) is 0 Å². The van der Waals surface area contributed by atoms with Gasteiger partial charge < -0.3 is 9.05 Å². The Bertz CT molecular complexity index is 738. The summed E-state index contributed by atoms with van der Waals surface area (Å²) in [7, 11) is 0. The molecule has 0 bridgehead atoms. The third kappa shape index (κ3) is 4.92. The van der Waals surface area contributed by atoms with Crippen molar-refractivity contribution in [2.45, 2.75) is 39.7 Å². The number of hydrogen-bond donors (Lipinski definition) is 1. The van der Waals surface area contributed by atoms with E-state index in [2.05, 4.69) is 46.2 Å². The number of amides is 1. The summed E-state index contributed by atoms with van der Waals surface area (Å²) in [5, 5.41) is 10.8. The Hall–Kier alpha value is -2.19. The Kier molecular flexibility index (Phi) is 5.43. The zero-order chi connectivity index (χ0) is 18.7. The van der Waals surface area contributed by atoms with Crippen LogP contribution in [0.2, 0.25) is 0 Å². The highest BCUT2D eigenvalue weighted by atomic mass is 16.5. The molecule has 0 saturated carbocycles. The number of hydrogen-bond acceptors (Lipinski definition) is 7. The van der Waals surface area contributed by atoms with Crippen LogP contribution in [0.3, 0.4) is 0 Å². The van der Waals surface area contributed by atoms with Gasteiger partial charge in [0.15, 0.2) is 0 Å². The minimum Gasteiger partial charge on any atom is -0.361 e. The standard InChI is InChI=1S/C18H27N5O3/c1-13-9-14(20-25-13)11-22-5-7-23(8-6-22)12-16(24)19-17-10-15(21-26-17)18(2,3)4/h9-10H,5-8,11-12H2,1-4H3,(H,19,24). The van der Waals surface area contributed by atoms with Crippen molar-refractivity contribution in [3.8, 4) is 0 Å². The van der Waals surface area contributed by atoms with Gasteiger partial charge in [-0.1, -0.05) is 31.1 Å². The van der Waals surface area contributed by atoms with E-state index in [1.54, 1.807) is 6.07 Å². The van der Waals surface area contributed by atoms with Crippen LogP contribution in [0.4, 0.5) is 5.88 Å². The molecule has 1 fully saturated rings. The number of nitrogens with zero attached hydrogens (tertiary/aromatic N) is 4. The van der Waals surface area contributed by atoms with Gasteiger partial charge >= 0.3 is 0 Å². The second-order valence-corrected chi connectivity index (χ2v) is 7.86.